The number of hydrogen-bond donors (Lipinski definition) is 1. The van der Waals surface area contributed by atoms with Gasteiger partial charge < -0.3 is 4.98 Å². The van der Waals surface area contributed by atoms with E-state index in [1.165, 1.54) is 11.4 Å². The summed E-state index contributed by atoms with van der Waals surface area (Å²) in [6, 6.07) is 0. The molecule has 1 aromatic rings. The molecule has 0 aliphatic rings. The van der Waals surface area contributed by atoms with E-state index in [9.17, 15) is 0 Å². The molecule has 0 amide bonds. The van der Waals surface area contributed by atoms with Crippen molar-refractivity contribution in [1.82, 2.24) is 9.97 Å². The summed E-state index contributed by atoms with van der Waals surface area (Å²) in [7, 11) is 0. The highest BCUT2D eigenvalue weighted by atomic mass is 15.0. The van der Waals surface area contributed by atoms with E-state index in [1.54, 1.807) is 0 Å². The van der Waals surface area contributed by atoms with Crippen molar-refractivity contribution in [1.29, 1.82) is 0 Å². The van der Waals surface area contributed by atoms with Crippen LogP contribution in [0.3, 0.4) is 0 Å². The lowest BCUT2D eigenvalue weighted by atomic mass is 9.76. The summed E-state index contributed by atoms with van der Waals surface area (Å²) in [6.07, 6.45) is 2.26. The van der Waals surface area contributed by atoms with Crippen molar-refractivity contribution >= 4 is 0 Å². The highest BCUT2D eigenvalue weighted by Gasteiger charge is 2.34. The van der Waals surface area contributed by atoms with Gasteiger partial charge in [-0.1, -0.05) is 62.3 Å². The van der Waals surface area contributed by atoms with Crippen LogP contribution in [0.25, 0.3) is 0 Å². The molecule has 116 valence electrons. The average Bonchev–Trinajstić information content (AvgIpc) is 2.82. The third-order valence-corrected chi connectivity index (χ3v) is 5.04. The van der Waals surface area contributed by atoms with E-state index in [0.717, 1.165) is 18.7 Å². The van der Waals surface area contributed by atoms with Crippen LogP contribution < -0.4 is 0 Å². The molecule has 2 heteroatoms. The van der Waals surface area contributed by atoms with Gasteiger partial charge in [0, 0.05) is 22.4 Å². The molecule has 0 aliphatic heterocycles. The van der Waals surface area contributed by atoms with Gasteiger partial charge in [-0.25, -0.2) is 4.98 Å². The number of aromatic amines is 1. The Labute approximate surface area is 125 Å². The Kier molecular flexibility index (Phi) is 5.10. The molecule has 1 atom stereocenters. The Morgan fingerprint density at radius 1 is 1.00 bits per heavy atom. The quantitative estimate of drug-likeness (QED) is 0.752. The maximum atomic E-state index is 5.06. The van der Waals surface area contributed by atoms with Gasteiger partial charge in [0.1, 0.15) is 5.82 Å². The number of rotatable bonds is 5. The van der Waals surface area contributed by atoms with Crippen LogP contribution >= 0.6 is 0 Å². The largest absolute Gasteiger partial charge is 0.345 e. The second-order valence-corrected chi connectivity index (χ2v) is 7.90. The molecule has 1 unspecified atom stereocenters. The van der Waals surface area contributed by atoms with Gasteiger partial charge >= 0.3 is 0 Å². The predicted molar refractivity (Wildman–Crippen MR) is 88.5 cm³/mol. The number of nitrogens with one attached hydrogen (secondary N) is 1. The van der Waals surface area contributed by atoms with Crippen molar-refractivity contribution in [2.45, 2.75) is 91.9 Å². The molecule has 0 radical (unpaired) electrons. The van der Waals surface area contributed by atoms with Gasteiger partial charge in [-0.15, -0.1) is 0 Å². The van der Waals surface area contributed by atoms with Gasteiger partial charge in [0.15, 0.2) is 0 Å². The van der Waals surface area contributed by atoms with Gasteiger partial charge in [-0.05, 0) is 18.8 Å². The normalized spacial score (nSPS) is 14.9. The number of nitrogens with zero attached hydrogens (tertiary/aromatic N) is 1. The molecule has 1 heterocycles. The minimum Gasteiger partial charge on any atom is -0.345 e. The molecule has 0 bridgehead atoms. The fourth-order valence-corrected chi connectivity index (χ4v) is 2.49. The van der Waals surface area contributed by atoms with Crippen LogP contribution in [-0.4, -0.2) is 9.97 Å². The average molecular weight is 278 g/mol. The summed E-state index contributed by atoms with van der Waals surface area (Å²) < 4.78 is 0. The zero-order valence-electron chi connectivity index (χ0n) is 15.0. The molecule has 0 saturated carbocycles. The van der Waals surface area contributed by atoms with Gasteiger partial charge in [-0.2, -0.15) is 0 Å². The lowest BCUT2D eigenvalue weighted by molar-refractivity contribution is 0.411. The molecule has 1 rings (SSSR count). The van der Waals surface area contributed by atoms with Crippen molar-refractivity contribution in [3.05, 3.63) is 17.2 Å². The molecule has 0 spiro atoms. The maximum absolute atomic E-state index is 5.06. The number of aromatic nitrogens is 2. The van der Waals surface area contributed by atoms with Crippen LogP contribution in [-0.2, 0) is 10.8 Å². The molecule has 1 aromatic heterocycles. The highest BCUT2D eigenvalue weighted by Crippen LogP contribution is 2.38. The fourth-order valence-electron chi connectivity index (χ4n) is 2.49. The lowest BCUT2D eigenvalue weighted by Crippen LogP contribution is -2.26. The van der Waals surface area contributed by atoms with E-state index < -0.39 is 0 Å². The van der Waals surface area contributed by atoms with E-state index in [-0.39, 0.29) is 10.8 Å². The first kappa shape index (κ1) is 17.3. The number of imidazole rings is 1. The Hall–Kier alpha value is -0.790. The molecule has 0 aliphatic carbocycles. The summed E-state index contributed by atoms with van der Waals surface area (Å²) in [5.41, 5.74) is 2.90. The predicted octanol–water partition coefficient (Wildman–Crippen LogP) is 5.54. The van der Waals surface area contributed by atoms with Crippen molar-refractivity contribution in [3.63, 3.8) is 0 Å². The molecular weight excluding hydrogens is 244 g/mol. The summed E-state index contributed by atoms with van der Waals surface area (Å²) >= 11 is 0. The molecule has 20 heavy (non-hydrogen) atoms. The second-order valence-electron chi connectivity index (χ2n) is 7.90. The van der Waals surface area contributed by atoms with Crippen LogP contribution in [0.4, 0.5) is 0 Å². The Morgan fingerprint density at radius 2 is 1.50 bits per heavy atom. The minimum atomic E-state index is 0.114. The maximum Gasteiger partial charge on any atom is 0.109 e. The van der Waals surface area contributed by atoms with Crippen LogP contribution in [0.2, 0.25) is 0 Å². The SMILES string of the molecule is CCC(C)(CC)c1nc(C(C)C(C)C)[nH]c1C(C)(C)C. The third-order valence-electron chi connectivity index (χ3n) is 5.04. The fraction of sp³-hybridized carbons (Fsp3) is 0.833. The Bertz CT molecular complexity index is 431. The summed E-state index contributed by atoms with van der Waals surface area (Å²) in [5, 5.41) is 0. The van der Waals surface area contributed by atoms with Crippen LogP contribution in [0, 0.1) is 5.92 Å². The molecule has 0 fully saturated rings. The smallest absolute Gasteiger partial charge is 0.109 e. The molecule has 1 N–H and O–H groups in total. The van der Waals surface area contributed by atoms with Gasteiger partial charge in [-0.3, -0.25) is 0 Å². The minimum absolute atomic E-state index is 0.114. The topological polar surface area (TPSA) is 28.7 Å². The van der Waals surface area contributed by atoms with E-state index in [4.69, 9.17) is 4.98 Å². The first-order valence-corrected chi connectivity index (χ1v) is 8.17. The number of hydrogen-bond acceptors (Lipinski definition) is 1. The summed E-state index contributed by atoms with van der Waals surface area (Å²) in [4.78, 5) is 8.72. The van der Waals surface area contributed by atoms with E-state index in [0.29, 0.717) is 11.8 Å². The van der Waals surface area contributed by atoms with Crippen LogP contribution in [0.5, 0.6) is 0 Å². The summed E-state index contributed by atoms with van der Waals surface area (Å²) in [5.74, 6) is 2.24. The zero-order chi connectivity index (χ0) is 15.7. The zero-order valence-corrected chi connectivity index (χ0v) is 15.0. The Morgan fingerprint density at radius 3 is 1.85 bits per heavy atom. The second kappa shape index (κ2) is 5.91. The van der Waals surface area contributed by atoms with Gasteiger partial charge in [0.05, 0.1) is 5.69 Å². The van der Waals surface area contributed by atoms with Gasteiger partial charge in [0.25, 0.3) is 0 Å². The first-order chi connectivity index (χ1) is 9.06. The molecular formula is C18H34N2. The van der Waals surface area contributed by atoms with Gasteiger partial charge in [0.2, 0.25) is 0 Å². The molecule has 0 saturated heterocycles. The van der Waals surface area contributed by atoms with E-state index >= 15 is 0 Å². The summed E-state index contributed by atoms with van der Waals surface area (Å²) in [6.45, 7) is 20.5. The van der Waals surface area contributed by atoms with Crippen molar-refractivity contribution in [2.75, 3.05) is 0 Å². The van der Waals surface area contributed by atoms with Crippen molar-refractivity contribution in [2.24, 2.45) is 5.92 Å². The van der Waals surface area contributed by atoms with Crippen LogP contribution in [0.1, 0.15) is 98.3 Å². The lowest BCUT2D eigenvalue weighted by Gasteiger charge is -2.29. The molecule has 0 aromatic carbocycles. The van der Waals surface area contributed by atoms with Crippen molar-refractivity contribution in [3.8, 4) is 0 Å². The Balaban J connectivity index is 3.42. The highest BCUT2D eigenvalue weighted by molar-refractivity contribution is 5.30. The monoisotopic (exact) mass is 278 g/mol. The number of H-pyrrole nitrogens is 1. The van der Waals surface area contributed by atoms with Crippen LogP contribution in [0.15, 0.2) is 0 Å². The van der Waals surface area contributed by atoms with E-state index in [1.807, 2.05) is 0 Å². The van der Waals surface area contributed by atoms with Crippen molar-refractivity contribution < 1.29 is 0 Å². The molecule has 2 nitrogen and oxygen atoms in total. The van der Waals surface area contributed by atoms with E-state index in [2.05, 4.69) is 67.3 Å². The standard InChI is InChI=1S/C18H34N2/c1-10-18(9,11-2)15-14(17(6,7)8)19-16(20-15)13(5)12(3)4/h12-13H,10-11H2,1-9H3,(H,19,20). The third kappa shape index (κ3) is 3.27. The first-order valence-electron chi connectivity index (χ1n) is 8.17.